The number of furan rings is 1. The van der Waals surface area contributed by atoms with E-state index in [-0.39, 0.29) is 17.6 Å². The number of anilines is 1. The van der Waals surface area contributed by atoms with Gasteiger partial charge in [-0.1, -0.05) is 23.7 Å². The lowest BCUT2D eigenvalue weighted by Crippen LogP contribution is -2.21. The number of thiophene rings is 1. The molecule has 0 fully saturated rings. The number of carbonyl (C=O) groups excluding carboxylic acids is 2. The highest BCUT2D eigenvalue weighted by atomic mass is 35.5. The molecule has 2 heterocycles. The van der Waals surface area contributed by atoms with E-state index in [0.717, 1.165) is 5.56 Å². The summed E-state index contributed by atoms with van der Waals surface area (Å²) in [5, 5.41) is 6.71. The maximum atomic E-state index is 12.2. The average molecular weight is 361 g/mol. The summed E-state index contributed by atoms with van der Waals surface area (Å²) in [4.78, 5) is 24.6. The third kappa shape index (κ3) is 4.04. The van der Waals surface area contributed by atoms with Gasteiger partial charge in [0.15, 0.2) is 5.76 Å². The van der Waals surface area contributed by atoms with Crippen molar-refractivity contribution < 1.29 is 14.0 Å². The van der Waals surface area contributed by atoms with Crippen molar-refractivity contribution in [1.29, 1.82) is 0 Å². The van der Waals surface area contributed by atoms with Gasteiger partial charge in [0, 0.05) is 11.6 Å². The minimum atomic E-state index is -0.354. The Bertz CT molecular complexity index is 858. The molecular weight excluding hydrogens is 348 g/mol. The van der Waals surface area contributed by atoms with Gasteiger partial charge in [0.2, 0.25) is 0 Å². The van der Waals surface area contributed by atoms with Crippen molar-refractivity contribution in [2.45, 2.75) is 6.54 Å². The molecule has 2 N–H and O–H groups in total. The third-order valence-corrected chi connectivity index (χ3v) is 4.39. The summed E-state index contributed by atoms with van der Waals surface area (Å²) in [5.41, 5.74) is 0.916. The molecule has 0 saturated heterocycles. The van der Waals surface area contributed by atoms with E-state index in [1.165, 1.54) is 17.6 Å². The van der Waals surface area contributed by atoms with E-state index in [2.05, 4.69) is 10.6 Å². The highest BCUT2D eigenvalue weighted by molar-refractivity contribution is 7.18. The lowest BCUT2D eigenvalue weighted by molar-refractivity contribution is 0.0953. The van der Waals surface area contributed by atoms with Crippen LogP contribution in [0.1, 0.15) is 25.8 Å². The predicted molar refractivity (Wildman–Crippen MR) is 93.6 cm³/mol. The topological polar surface area (TPSA) is 71.3 Å². The second kappa shape index (κ2) is 7.33. The first-order chi connectivity index (χ1) is 11.6. The number of rotatable bonds is 5. The molecule has 0 aliphatic rings. The van der Waals surface area contributed by atoms with Crippen LogP contribution in [0, 0.1) is 0 Å². The molecule has 3 aromatic rings. The molecule has 0 saturated carbocycles. The zero-order valence-electron chi connectivity index (χ0n) is 12.4. The predicted octanol–water partition coefficient (Wildman–Crippen LogP) is 4.18. The van der Waals surface area contributed by atoms with E-state index >= 15 is 0 Å². The van der Waals surface area contributed by atoms with Crippen LogP contribution >= 0.6 is 22.9 Å². The number of hydrogen-bond donors (Lipinski definition) is 2. The van der Waals surface area contributed by atoms with Gasteiger partial charge in [0.25, 0.3) is 11.8 Å². The molecule has 5 nitrogen and oxygen atoms in total. The Balaban J connectivity index is 1.58. The molecule has 0 unspecified atom stereocenters. The van der Waals surface area contributed by atoms with Crippen molar-refractivity contribution >= 4 is 39.8 Å². The van der Waals surface area contributed by atoms with E-state index < -0.39 is 0 Å². The second-order valence-electron chi connectivity index (χ2n) is 4.91. The van der Waals surface area contributed by atoms with Crippen LogP contribution in [-0.4, -0.2) is 11.8 Å². The van der Waals surface area contributed by atoms with Crippen LogP contribution in [0.3, 0.4) is 0 Å². The van der Waals surface area contributed by atoms with Gasteiger partial charge in [-0.15, -0.1) is 11.3 Å². The summed E-state index contributed by atoms with van der Waals surface area (Å²) in [6.45, 7) is 0.380. The number of halogens is 1. The fourth-order valence-corrected chi connectivity index (χ4v) is 3.06. The van der Waals surface area contributed by atoms with Gasteiger partial charge in [-0.05, 0) is 42.0 Å². The summed E-state index contributed by atoms with van der Waals surface area (Å²) in [7, 11) is 0. The number of hydrogen-bond acceptors (Lipinski definition) is 4. The summed E-state index contributed by atoms with van der Waals surface area (Å²) in [5.74, 6) is -0.346. The van der Waals surface area contributed by atoms with E-state index in [0.29, 0.717) is 21.4 Å². The fourth-order valence-electron chi connectivity index (χ4n) is 2.02. The molecule has 0 atom stereocenters. The minimum Gasteiger partial charge on any atom is -0.459 e. The van der Waals surface area contributed by atoms with E-state index in [1.807, 2.05) is 12.1 Å². The quantitative estimate of drug-likeness (QED) is 0.717. The molecule has 3 rings (SSSR count). The third-order valence-electron chi connectivity index (χ3n) is 3.15. The Kier molecular flexibility index (Phi) is 4.98. The first-order valence-electron chi connectivity index (χ1n) is 7.09. The number of carbonyl (C=O) groups is 2. The molecule has 7 heteroatoms. The summed E-state index contributed by atoms with van der Waals surface area (Å²) in [6, 6.07) is 13.8. The van der Waals surface area contributed by atoms with Crippen molar-refractivity contribution in [3.05, 3.63) is 76.0 Å². The molecule has 24 heavy (non-hydrogen) atoms. The standard InChI is InChI=1S/C17H13ClN2O3S/c18-12-4-1-3-11(9-12)10-19-17(22)14-6-7-15(24-14)20-16(21)13-5-2-8-23-13/h1-9H,10H2,(H,19,22)(H,20,21). The Morgan fingerprint density at radius 3 is 2.71 bits per heavy atom. The van der Waals surface area contributed by atoms with Crippen molar-refractivity contribution in [1.82, 2.24) is 5.32 Å². The first-order valence-corrected chi connectivity index (χ1v) is 8.28. The maximum absolute atomic E-state index is 12.2. The van der Waals surface area contributed by atoms with E-state index in [9.17, 15) is 9.59 Å². The highest BCUT2D eigenvalue weighted by Crippen LogP contribution is 2.22. The van der Waals surface area contributed by atoms with Crippen LogP contribution in [0.25, 0.3) is 0 Å². The zero-order chi connectivity index (χ0) is 16.9. The largest absolute Gasteiger partial charge is 0.459 e. The van der Waals surface area contributed by atoms with Gasteiger partial charge >= 0.3 is 0 Å². The van der Waals surface area contributed by atoms with Crippen molar-refractivity contribution in [3.63, 3.8) is 0 Å². The zero-order valence-corrected chi connectivity index (χ0v) is 14.0. The van der Waals surface area contributed by atoms with Crippen LogP contribution in [0.4, 0.5) is 5.00 Å². The molecule has 122 valence electrons. The SMILES string of the molecule is O=C(Nc1ccc(C(=O)NCc2cccc(Cl)c2)s1)c1ccco1. The summed E-state index contributed by atoms with van der Waals surface area (Å²) < 4.78 is 5.02. The molecule has 0 aliphatic heterocycles. The number of amides is 2. The van der Waals surface area contributed by atoms with Crippen molar-refractivity contribution in [2.24, 2.45) is 0 Å². The van der Waals surface area contributed by atoms with E-state index in [1.54, 1.807) is 36.4 Å². The summed E-state index contributed by atoms with van der Waals surface area (Å²) in [6.07, 6.45) is 1.43. The monoisotopic (exact) mass is 360 g/mol. The van der Waals surface area contributed by atoms with Gasteiger partial charge in [-0.25, -0.2) is 0 Å². The minimum absolute atomic E-state index is 0.210. The average Bonchev–Trinajstić information content (AvgIpc) is 3.24. The molecule has 1 aromatic carbocycles. The van der Waals surface area contributed by atoms with Crippen molar-refractivity contribution in [3.8, 4) is 0 Å². The lowest BCUT2D eigenvalue weighted by Gasteiger charge is -2.04. The van der Waals surface area contributed by atoms with Crippen LogP contribution in [0.15, 0.2) is 59.2 Å². The Hall–Kier alpha value is -2.57. The lowest BCUT2D eigenvalue weighted by atomic mass is 10.2. The van der Waals surface area contributed by atoms with Gasteiger partial charge in [0.05, 0.1) is 16.1 Å². The smallest absolute Gasteiger partial charge is 0.291 e. The van der Waals surface area contributed by atoms with Gasteiger partial charge < -0.3 is 15.1 Å². The molecule has 0 radical (unpaired) electrons. The van der Waals surface area contributed by atoms with E-state index in [4.69, 9.17) is 16.0 Å². The number of nitrogens with one attached hydrogen (secondary N) is 2. The van der Waals surface area contributed by atoms with Gasteiger partial charge in [-0.3, -0.25) is 9.59 Å². The van der Waals surface area contributed by atoms with Crippen LogP contribution in [0.5, 0.6) is 0 Å². The highest BCUT2D eigenvalue weighted by Gasteiger charge is 2.13. The van der Waals surface area contributed by atoms with Crippen LogP contribution < -0.4 is 10.6 Å². The Morgan fingerprint density at radius 1 is 1.08 bits per heavy atom. The molecule has 0 spiro atoms. The maximum Gasteiger partial charge on any atom is 0.291 e. The molecular formula is C17H13ClN2O3S. The van der Waals surface area contributed by atoms with Crippen molar-refractivity contribution in [2.75, 3.05) is 5.32 Å². The molecule has 2 amide bonds. The van der Waals surface area contributed by atoms with Crippen LogP contribution in [-0.2, 0) is 6.54 Å². The molecule has 0 bridgehead atoms. The Labute approximate surface area is 147 Å². The summed E-state index contributed by atoms with van der Waals surface area (Å²) >= 11 is 7.11. The van der Waals surface area contributed by atoms with Gasteiger partial charge in [-0.2, -0.15) is 0 Å². The first kappa shape index (κ1) is 16.3. The Morgan fingerprint density at radius 2 is 1.96 bits per heavy atom. The molecule has 0 aliphatic carbocycles. The van der Waals surface area contributed by atoms with Gasteiger partial charge in [0.1, 0.15) is 0 Å². The second-order valence-corrected chi connectivity index (χ2v) is 6.43. The normalized spacial score (nSPS) is 10.4. The fraction of sp³-hybridized carbons (Fsp3) is 0.0588. The molecule has 2 aromatic heterocycles. The number of benzene rings is 1. The van der Waals surface area contributed by atoms with Crippen LogP contribution in [0.2, 0.25) is 5.02 Å².